The average Bonchev–Trinajstić information content (AvgIpc) is 2.74. The van der Waals surface area contributed by atoms with E-state index in [2.05, 4.69) is 23.6 Å². The molecule has 0 saturated heterocycles. The van der Waals surface area contributed by atoms with Crippen molar-refractivity contribution in [2.75, 3.05) is 11.1 Å². The SMILES string of the molecule is CCC1(CCC(C)C)C(=O)C(C2=NS(=O)(=O)c3cc(N)ccc3N2)C(=O)c2ccccc21. The molecule has 0 saturated carbocycles. The Bertz CT molecular complexity index is 1250. The lowest BCUT2D eigenvalue weighted by Gasteiger charge is -2.41. The fourth-order valence-electron chi connectivity index (χ4n) is 4.70. The van der Waals surface area contributed by atoms with E-state index < -0.39 is 27.1 Å². The van der Waals surface area contributed by atoms with E-state index >= 15 is 0 Å². The van der Waals surface area contributed by atoms with Crippen LogP contribution in [-0.2, 0) is 20.2 Å². The first-order valence-electron chi connectivity index (χ1n) is 10.8. The van der Waals surface area contributed by atoms with Crippen molar-refractivity contribution < 1.29 is 18.0 Å². The zero-order valence-electron chi connectivity index (χ0n) is 18.4. The number of hydrogen-bond acceptors (Lipinski definition) is 6. The number of hydrogen-bond donors (Lipinski definition) is 2. The summed E-state index contributed by atoms with van der Waals surface area (Å²) in [6, 6.07) is 11.5. The number of Topliss-reactive ketones (excluding diaryl/α,β-unsaturated/α-hetero) is 2. The van der Waals surface area contributed by atoms with Gasteiger partial charge in [0.05, 0.1) is 11.1 Å². The first kappa shape index (κ1) is 22.2. The largest absolute Gasteiger partial charge is 0.399 e. The molecule has 2 aliphatic rings. The van der Waals surface area contributed by atoms with Gasteiger partial charge in [-0.1, -0.05) is 45.0 Å². The zero-order chi connectivity index (χ0) is 23.3. The lowest BCUT2D eigenvalue weighted by molar-refractivity contribution is -0.126. The number of fused-ring (bicyclic) bond motifs is 2. The average molecular weight is 454 g/mol. The van der Waals surface area contributed by atoms with Crippen LogP contribution >= 0.6 is 0 Å². The third-order valence-electron chi connectivity index (χ3n) is 6.49. The summed E-state index contributed by atoms with van der Waals surface area (Å²) in [5.41, 5.74) is 6.58. The van der Waals surface area contributed by atoms with Gasteiger partial charge in [-0.2, -0.15) is 8.42 Å². The maximum Gasteiger partial charge on any atom is 0.286 e. The Morgan fingerprint density at radius 3 is 2.56 bits per heavy atom. The van der Waals surface area contributed by atoms with Crippen molar-refractivity contribution in [3.05, 3.63) is 53.6 Å². The second kappa shape index (κ2) is 7.85. The number of nitrogens with one attached hydrogen (secondary N) is 1. The number of benzene rings is 2. The molecule has 8 heteroatoms. The minimum absolute atomic E-state index is 0.0704. The van der Waals surface area contributed by atoms with Gasteiger partial charge in [0.15, 0.2) is 11.6 Å². The Hall–Kier alpha value is -3.00. The molecule has 7 nitrogen and oxygen atoms in total. The molecular formula is C24H27N3O4S. The predicted octanol–water partition coefficient (Wildman–Crippen LogP) is 3.95. The van der Waals surface area contributed by atoms with Crippen molar-refractivity contribution in [3.63, 3.8) is 0 Å². The summed E-state index contributed by atoms with van der Waals surface area (Å²) in [5.74, 6) is -1.81. The van der Waals surface area contributed by atoms with E-state index in [9.17, 15) is 18.0 Å². The molecule has 1 heterocycles. The number of nitrogens with zero attached hydrogens (tertiary/aromatic N) is 1. The van der Waals surface area contributed by atoms with Crippen LogP contribution in [0.15, 0.2) is 51.8 Å². The highest BCUT2D eigenvalue weighted by molar-refractivity contribution is 7.90. The smallest absolute Gasteiger partial charge is 0.286 e. The van der Waals surface area contributed by atoms with E-state index in [0.717, 1.165) is 12.0 Å². The van der Waals surface area contributed by atoms with Crippen molar-refractivity contribution in [1.82, 2.24) is 0 Å². The summed E-state index contributed by atoms with van der Waals surface area (Å²) >= 11 is 0. The number of carbonyl (C=O) groups is 2. The lowest BCUT2D eigenvalue weighted by Crippen LogP contribution is -2.52. The molecule has 0 bridgehead atoms. The van der Waals surface area contributed by atoms with Crippen molar-refractivity contribution in [3.8, 4) is 0 Å². The third kappa shape index (κ3) is 3.43. The highest BCUT2D eigenvalue weighted by Gasteiger charge is 2.53. The number of rotatable bonds is 5. The summed E-state index contributed by atoms with van der Waals surface area (Å²) in [7, 11) is -4.12. The quantitative estimate of drug-likeness (QED) is 0.523. The Morgan fingerprint density at radius 2 is 1.88 bits per heavy atom. The Labute approximate surface area is 188 Å². The van der Waals surface area contributed by atoms with Gasteiger partial charge in [-0.15, -0.1) is 4.40 Å². The summed E-state index contributed by atoms with van der Waals surface area (Å²) in [5, 5.41) is 2.94. The first-order chi connectivity index (χ1) is 15.1. The van der Waals surface area contributed by atoms with Crippen LogP contribution < -0.4 is 11.1 Å². The zero-order valence-corrected chi connectivity index (χ0v) is 19.2. The monoisotopic (exact) mass is 453 g/mol. The van der Waals surface area contributed by atoms with Gasteiger partial charge in [-0.25, -0.2) is 0 Å². The summed E-state index contributed by atoms with van der Waals surface area (Å²) in [4.78, 5) is 27.4. The maximum absolute atomic E-state index is 14.0. The summed E-state index contributed by atoms with van der Waals surface area (Å²) in [6.07, 6.45) is 1.88. The number of amidine groups is 1. The molecule has 32 heavy (non-hydrogen) atoms. The van der Waals surface area contributed by atoms with Gasteiger partial charge in [0, 0.05) is 11.3 Å². The van der Waals surface area contributed by atoms with Crippen molar-refractivity contribution in [1.29, 1.82) is 0 Å². The molecule has 0 radical (unpaired) electrons. The molecule has 2 aromatic carbocycles. The molecule has 2 unspecified atom stereocenters. The summed E-state index contributed by atoms with van der Waals surface area (Å²) < 4.78 is 29.6. The molecule has 168 valence electrons. The molecule has 0 aromatic heterocycles. The minimum atomic E-state index is -4.12. The Balaban J connectivity index is 1.87. The molecule has 0 amide bonds. The minimum Gasteiger partial charge on any atom is -0.399 e. The normalized spacial score (nSPS) is 23.9. The van der Waals surface area contributed by atoms with E-state index in [1.165, 1.54) is 12.1 Å². The van der Waals surface area contributed by atoms with Crippen molar-refractivity contribution in [2.24, 2.45) is 16.2 Å². The number of sulfonamides is 1. The topological polar surface area (TPSA) is 119 Å². The second-order valence-corrected chi connectivity index (χ2v) is 10.5. The fraction of sp³-hybridized carbons (Fsp3) is 0.375. The fourth-order valence-corrected chi connectivity index (χ4v) is 5.89. The first-order valence-corrected chi connectivity index (χ1v) is 12.2. The number of anilines is 2. The van der Waals surface area contributed by atoms with E-state index in [-0.39, 0.29) is 27.9 Å². The predicted molar refractivity (Wildman–Crippen MR) is 124 cm³/mol. The van der Waals surface area contributed by atoms with Crippen LogP contribution in [0.25, 0.3) is 0 Å². The van der Waals surface area contributed by atoms with Gasteiger partial charge in [-0.05, 0) is 48.9 Å². The molecule has 0 spiro atoms. The van der Waals surface area contributed by atoms with E-state index in [1.807, 2.05) is 19.1 Å². The molecule has 3 N–H and O–H groups in total. The standard InChI is InChI=1S/C24H27N3O4S/c1-4-24(12-11-14(2)3)17-8-6-5-7-16(17)21(28)20(22(24)29)23-26-18-10-9-15(25)13-19(18)32(30,31)27-23/h5-10,13-14,20H,4,11-12,25H2,1-3H3,(H,26,27). The number of nitrogens with two attached hydrogens (primary N) is 1. The molecule has 4 rings (SSSR count). The van der Waals surface area contributed by atoms with Crippen LogP contribution in [0.3, 0.4) is 0 Å². The molecule has 2 atom stereocenters. The Morgan fingerprint density at radius 1 is 1.16 bits per heavy atom. The van der Waals surface area contributed by atoms with E-state index in [1.54, 1.807) is 18.2 Å². The number of carbonyl (C=O) groups excluding carboxylic acids is 2. The van der Waals surface area contributed by atoms with Crippen molar-refractivity contribution in [2.45, 2.75) is 50.3 Å². The van der Waals surface area contributed by atoms with Gasteiger partial charge in [0.1, 0.15) is 16.6 Å². The van der Waals surface area contributed by atoms with E-state index in [0.29, 0.717) is 24.3 Å². The molecular weight excluding hydrogens is 426 g/mol. The van der Waals surface area contributed by atoms with Gasteiger partial charge < -0.3 is 11.1 Å². The number of nitrogen functional groups attached to an aromatic ring is 1. The molecule has 2 aromatic rings. The maximum atomic E-state index is 14.0. The van der Waals surface area contributed by atoms with Gasteiger partial charge in [0.25, 0.3) is 10.0 Å². The van der Waals surface area contributed by atoms with Crippen LogP contribution in [0.4, 0.5) is 11.4 Å². The molecule has 1 aliphatic heterocycles. The van der Waals surface area contributed by atoms with Gasteiger partial charge in [-0.3, -0.25) is 9.59 Å². The second-order valence-electron chi connectivity index (χ2n) is 8.91. The highest BCUT2D eigenvalue weighted by atomic mass is 32.2. The van der Waals surface area contributed by atoms with Crippen LogP contribution in [0, 0.1) is 11.8 Å². The highest BCUT2D eigenvalue weighted by Crippen LogP contribution is 2.45. The van der Waals surface area contributed by atoms with Crippen LogP contribution in [0.5, 0.6) is 0 Å². The molecule has 0 fully saturated rings. The van der Waals surface area contributed by atoms with Crippen LogP contribution in [-0.4, -0.2) is 25.8 Å². The van der Waals surface area contributed by atoms with Crippen molar-refractivity contribution >= 4 is 38.8 Å². The summed E-state index contributed by atoms with van der Waals surface area (Å²) in [6.45, 7) is 6.12. The van der Waals surface area contributed by atoms with Gasteiger partial charge in [0.2, 0.25) is 0 Å². The van der Waals surface area contributed by atoms with Crippen LogP contribution in [0.1, 0.15) is 56.0 Å². The van der Waals surface area contributed by atoms with E-state index in [4.69, 9.17) is 5.73 Å². The third-order valence-corrected chi connectivity index (χ3v) is 7.83. The number of ketones is 2. The molecule has 1 aliphatic carbocycles. The Kier molecular flexibility index (Phi) is 5.45. The van der Waals surface area contributed by atoms with Crippen LogP contribution in [0.2, 0.25) is 0 Å². The lowest BCUT2D eigenvalue weighted by atomic mass is 9.60. The van der Waals surface area contributed by atoms with Gasteiger partial charge >= 0.3 is 0 Å².